The molecule has 7 heteroatoms. The zero-order chi connectivity index (χ0) is 17.5. The van der Waals surface area contributed by atoms with Gasteiger partial charge in [-0.15, -0.1) is 0 Å². The summed E-state index contributed by atoms with van der Waals surface area (Å²) in [5, 5.41) is 21.5. The third-order valence-electron chi connectivity index (χ3n) is 4.16. The fourth-order valence-corrected chi connectivity index (χ4v) is 2.88. The predicted octanol–water partition coefficient (Wildman–Crippen LogP) is 2.87. The molecule has 2 N–H and O–H groups in total. The zero-order valence-electron chi connectivity index (χ0n) is 13.6. The summed E-state index contributed by atoms with van der Waals surface area (Å²) in [5.41, 5.74) is -0.277. The third kappa shape index (κ3) is 3.10. The Balaban J connectivity index is 2.05. The van der Waals surface area contributed by atoms with Crippen LogP contribution in [-0.4, -0.2) is 26.2 Å². The van der Waals surface area contributed by atoms with Crippen molar-refractivity contribution in [3.63, 3.8) is 0 Å². The molecule has 24 heavy (non-hydrogen) atoms. The number of carbonyl (C=O) groups is 1. The lowest BCUT2D eigenvalue weighted by Crippen LogP contribution is -2.29. The minimum absolute atomic E-state index is 0.0905. The second-order valence-electron chi connectivity index (χ2n) is 6.87. The van der Waals surface area contributed by atoms with Crippen LogP contribution >= 0.6 is 0 Å². The van der Waals surface area contributed by atoms with E-state index in [4.69, 9.17) is 5.26 Å². The Labute approximate surface area is 138 Å². The van der Waals surface area contributed by atoms with Crippen LogP contribution in [0.1, 0.15) is 51.1 Å². The van der Waals surface area contributed by atoms with Gasteiger partial charge in [0.15, 0.2) is 5.82 Å². The van der Waals surface area contributed by atoms with Crippen molar-refractivity contribution in [2.75, 3.05) is 5.32 Å². The average molecular weight is 330 g/mol. The zero-order valence-corrected chi connectivity index (χ0v) is 13.6. The number of benzene rings is 1. The van der Waals surface area contributed by atoms with Crippen LogP contribution in [0.5, 0.6) is 0 Å². The normalized spacial score (nSPS) is 15.1. The summed E-state index contributed by atoms with van der Waals surface area (Å²) >= 11 is 0. The molecule has 1 fully saturated rings. The van der Waals surface area contributed by atoms with Gasteiger partial charge in [0.25, 0.3) is 0 Å². The van der Waals surface area contributed by atoms with Gasteiger partial charge < -0.3 is 9.67 Å². The Morgan fingerprint density at radius 3 is 2.79 bits per heavy atom. The summed E-state index contributed by atoms with van der Waals surface area (Å²) in [6.45, 7) is 3.08. The van der Waals surface area contributed by atoms with Crippen LogP contribution in [0.25, 0.3) is 11.0 Å². The van der Waals surface area contributed by atoms with E-state index in [1.807, 2.05) is 6.07 Å². The molecule has 0 aliphatic heterocycles. The smallest absolute Gasteiger partial charge is 0.229 e. The Kier molecular flexibility index (Phi) is 4.01. The number of aromatic nitrogens is 2. The molecule has 0 radical (unpaired) electrons. The van der Waals surface area contributed by atoms with E-state index < -0.39 is 11.4 Å². The van der Waals surface area contributed by atoms with Crippen molar-refractivity contribution >= 4 is 22.9 Å². The van der Waals surface area contributed by atoms with Crippen molar-refractivity contribution in [2.24, 2.45) is 0 Å². The van der Waals surface area contributed by atoms with E-state index in [-0.39, 0.29) is 35.4 Å². The lowest BCUT2D eigenvalue weighted by atomic mass is 9.92. The molecule has 1 aliphatic rings. The molecule has 1 heterocycles. The number of carbonyl (C=O) groups excluding carboxylic acids is 1. The molecule has 6 nitrogen and oxygen atoms in total. The van der Waals surface area contributed by atoms with Crippen LogP contribution in [0, 0.1) is 17.1 Å². The first-order chi connectivity index (χ1) is 11.3. The number of anilines is 1. The van der Waals surface area contributed by atoms with Crippen LogP contribution in [0.15, 0.2) is 12.1 Å². The van der Waals surface area contributed by atoms with Crippen molar-refractivity contribution in [1.82, 2.24) is 9.55 Å². The van der Waals surface area contributed by atoms with Gasteiger partial charge >= 0.3 is 0 Å². The molecule has 0 bridgehead atoms. The summed E-state index contributed by atoms with van der Waals surface area (Å²) in [6, 6.07) is 4.80. The van der Waals surface area contributed by atoms with Gasteiger partial charge in [-0.1, -0.05) is 0 Å². The van der Waals surface area contributed by atoms with Crippen molar-refractivity contribution < 1.29 is 14.3 Å². The molecule has 1 aromatic carbocycles. The summed E-state index contributed by atoms with van der Waals surface area (Å²) in [6.07, 6.45) is 2.80. The summed E-state index contributed by atoms with van der Waals surface area (Å²) < 4.78 is 16.0. The van der Waals surface area contributed by atoms with E-state index in [1.54, 1.807) is 24.5 Å². The molecule has 0 unspecified atom stereocenters. The third-order valence-corrected chi connectivity index (χ3v) is 4.16. The Morgan fingerprint density at radius 2 is 2.25 bits per heavy atom. The number of fused-ring (bicyclic) bond motifs is 1. The van der Waals surface area contributed by atoms with Gasteiger partial charge in [0.05, 0.1) is 29.2 Å². The van der Waals surface area contributed by atoms with Gasteiger partial charge in [-0.2, -0.15) is 5.26 Å². The van der Waals surface area contributed by atoms with E-state index >= 15 is 0 Å². The fraction of sp³-hybridized carbons (Fsp3) is 0.471. The quantitative estimate of drug-likeness (QED) is 0.902. The van der Waals surface area contributed by atoms with Crippen molar-refractivity contribution in [3.8, 4) is 6.07 Å². The van der Waals surface area contributed by atoms with Gasteiger partial charge in [-0.25, -0.2) is 9.37 Å². The SMILES string of the molecule is CC(C)(O)CC(=O)Nc1nc2c(F)cc(C#N)cc2n1C1CCC1. The van der Waals surface area contributed by atoms with Crippen molar-refractivity contribution in [2.45, 2.75) is 51.2 Å². The molecular weight excluding hydrogens is 311 g/mol. The molecule has 0 spiro atoms. The van der Waals surface area contributed by atoms with Crippen LogP contribution < -0.4 is 5.32 Å². The second-order valence-corrected chi connectivity index (χ2v) is 6.87. The number of nitrogens with one attached hydrogen (secondary N) is 1. The molecule has 3 rings (SSSR count). The Morgan fingerprint density at radius 1 is 1.54 bits per heavy atom. The lowest BCUT2D eigenvalue weighted by molar-refractivity contribution is -0.119. The molecule has 1 aromatic heterocycles. The molecule has 1 saturated carbocycles. The largest absolute Gasteiger partial charge is 0.390 e. The molecule has 0 atom stereocenters. The Bertz CT molecular complexity index is 841. The predicted molar refractivity (Wildman–Crippen MR) is 86.8 cm³/mol. The monoisotopic (exact) mass is 330 g/mol. The summed E-state index contributed by atoms with van der Waals surface area (Å²) in [7, 11) is 0. The highest BCUT2D eigenvalue weighted by molar-refractivity contribution is 5.92. The van der Waals surface area contributed by atoms with E-state index in [1.165, 1.54) is 0 Å². The number of imidazole rings is 1. The van der Waals surface area contributed by atoms with Crippen LogP contribution in [0.4, 0.5) is 10.3 Å². The van der Waals surface area contributed by atoms with Gasteiger partial charge in [-0.3, -0.25) is 10.1 Å². The number of amides is 1. The summed E-state index contributed by atoms with van der Waals surface area (Å²) in [5.74, 6) is -0.711. The van der Waals surface area contributed by atoms with Crippen LogP contribution in [0.2, 0.25) is 0 Å². The lowest BCUT2D eigenvalue weighted by Gasteiger charge is -2.29. The number of rotatable bonds is 4. The second kappa shape index (κ2) is 5.87. The molecular formula is C17H19FN4O2. The van der Waals surface area contributed by atoms with Gasteiger partial charge in [0, 0.05) is 6.04 Å². The minimum atomic E-state index is -1.14. The van der Waals surface area contributed by atoms with E-state index in [0.717, 1.165) is 25.3 Å². The molecule has 126 valence electrons. The number of hydrogen-bond donors (Lipinski definition) is 2. The van der Waals surface area contributed by atoms with Gasteiger partial charge in [0.1, 0.15) is 5.52 Å². The maximum absolute atomic E-state index is 14.2. The molecule has 1 aliphatic carbocycles. The number of nitrogens with zero attached hydrogens (tertiary/aromatic N) is 3. The number of aliphatic hydroxyl groups is 1. The number of hydrogen-bond acceptors (Lipinski definition) is 4. The molecule has 1 amide bonds. The minimum Gasteiger partial charge on any atom is -0.390 e. The highest BCUT2D eigenvalue weighted by Gasteiger charge is 2.28. The first-order valence-corrected chi connectivity index (χ1v) is 7.92. The van der Waals surface area contributed by atoms with E-state index in [0.29, 0.717) is 5.52 Å². The number of halogens is 1. The van der Waals surface area contributed by atoms with Gasteiger partial charge in [-0.05, 0) is 45.2 Å². The maximum Gasteiger partial charge on any atom is 0.229 e. The first kappa shape index (κ1) is 16.4. The molecule has 0 saturated heterocycles. The van der Waals surface area contributed by atoms with Crippen molar-refractivity contribution in [3.05, 3.63) is 23.5 Å². The highest BCUT2D eigenvalue weighted by atomic mass is 19.1. The van der Waals surface area contributed by atoms with E-state index in [2.05, 4.69) is 10.3 Å². The van der Waals surface area contributed by atoms with Crippen LogP contribution in [0.3, 0.4) is 0 Å². The highest BCUT2D eigenvalue weighted by Crippen LogP contribution is 2.38. The van der Waals surface area contributed by atoms with Crippen molar-refractivity contribution in [1.29, 1.82) is 5.26 Å². The average Bonchev–Trinajstić information content (AvgIpc) is 2.74. The first-order valence-electron chi connectivity index (χ1n) is 7.92. The maximum atomic E-state index is 14.2. The summed E-state index contributed by atoms with van der Waals surface area (Å²) in [4.78, 5) is 16.3. The molecule has 2 aromatic rings. The topological polar surface area (TPSA) is 90.9 Å². The van der Waals surface area contributed by atoms with Gasteiger partial charge in [0.2, 0.25) is 11.9 Å². The van der Waals surface area contributed by atoms with E-state index in [9.17, 15) is 14.3 Å². The number of nitriles is 1. The van der Waals surface area contributed by atoms with Crippen LogP contribution in [-0.2, 0) is 4.79 Å². The fourth-order valence-electron chi connectivity index (χ4n) is 2.88. The Hall–Kier alpha value is -2.46. The standard InChI is InChI=1S/C17H19FN4O2/c1-17(2,24)8-14(23)20-16-21-15-12(18)6-10(9-19)7-13(15)22(16)11-4-3-5-11/h6-7,11,24H,3-5,8H2,1-2H3,(H,20,21,23).